The Kier molecular flexibility index (Phi) is 6.79. The van der Waals surface area contributed by atoms with Gasteiger partial charge in [0.2, 0.25) is 0 Å². The highest BCUT2D eigenvalue weighted by Crippen LogP contribution is 2.34. The Morgan fingerprint density at radius 3 is 1.64 bits per heavy atom. The third kappa shape index (κ3) is 4.99. The zero-order valence-corrected chi connectivity index (χ0v) is 19.0. The summed E-state index contributed by atoms with van der Waals surface area (Å²) in [5, 5.41) is 0. The van der Waals surface area contributed by atoms with E-state index in [0.29, 0.717) is 0 Å². The monoisotopic (exact) mass is 430 g/mol. The quantitative estimate of drug-likeness (QED) is 0.272. The molecule has 0 fully saturated rings. The number of allylic oxidation sites excluding steroid dienone is 1. The average Bonchev–Trinajstić information content (AvgIpc) is 3.04. The van der Waals surface area contributed by atoms with Crippen molar-refractivity contribution >= 4 is 5.57 Å². The van der Waals surface area contributed by atoms with Gasteiger partial charge in [-0.2, -0.15) is 0 Å². The highest BCUT2D eigenvalue weighted by Gasteiger charge is 2.17. The van der Waals surface area contributed by atoms with Crippen molar-refractivity contribution in [2.45, 2.75) is 31.8 Å². The Bertz CT molecular complexity index is 1120. The normalized spacial score (nSPS) is 12.7. The van der Waals surface area contributed by atoms with Gasteiger partial charge in [-0.15, -0.1) is 0 Å². The molecule has 0 aromatic heterocycles. The number of fused-ring (bicyclic) bond motifs is 2. The van der Waals surface area contributed by atoms with E-state index >= 15 is 0 Å². The van der Waals surface area contributed by atoms with Crippen molar-refractivity contribution in [3.05, 3.63) is 149 Å². The summed E-state index contributed by atoms with van der Waals surface area (Å²) in [5.41, 5.74) is 9.45. The first-order chi connectivity index (χ1) is 16.4. The molecule has 0 spiro atoms. The van der Waals surface area contributed by atoms with Crippen LogP contribution in [-0.2, 0) is 17.6 Å². The molecule has 1 heteroatoms. The molecule has 0 radical (unpaired) electrons. The molecule has 0 N–H and O–H groups in total. The molecular formula is C32H30O. The summed E-state index contributed by atoms with van der Waals surface area (Å²) < 4.78 is 6.44. The second-order valence-electron chi connectivity index (χ2n) is 8.65. The molecule has 0 unspecified atom stereocenters. The van der Waals surface area contributed by atoms with E-state index in [1.807, 2.05) is 0 Å². The molecule has 0 bridgehead atoms. The van der Waals surface area contributed by atoms with Gasteiger partial charge in [0.1, 0.15) is 6.10 Å². The van der Waals surface area contributed by atoms with Gasteiger partial charge in [0.05, 0.1) is 0 Å². The topological polar surface area (TPSA) is 9.23 Å². The summed E-state index contributed by atoms with van der Waals surface area (Å²) in [5.74, 6) is 0. The standard InChI is InChI=1S/C32H30O/c1-3-15-27(16-4-1)32(28-17-5-2-6-18-28)33-24-12-11-21-31-29-19-9-7-13-25(29)22-23-26-14-8-10-20-30(26)31/h1-10,13-21,32H,11-12,22-24H2. The Morgan fingerprint density at radius 1 is 0.606 bits per heavy atom. The molecule has 0 saturated carbocycles. The van der Waals surface area contributed by atoms with Crippen molar-refractivity contribution in [3.63, 3.8) is 0 Å². The third-order valence-electron chi connectivity index (χ3n) is 6.46. The molecule has 0 atom stereocenters. The molecule has 0 saturated heterocycles. The van der Waals surface area contributed by atoms with Gasteiger partial charge in [-0.25, -0.2) is 0 Å². The van der Waals surface area contributed by atoms with E-state index in [4.69, 9.17) is 4.74 Å². The lowest BCUT2D eigenvalue weighted by Crippen LogP contribution is -2.07. The molecule has 0 aliphatic heterocycles. The smallest absolute Gasteiger partial charge is 0.108 e. The maximum Gasteiger partial charge on any atom is 0.108 e. The lowest BCUT2D eigenvalue weighted by atomic mass is 9.93. The molecule has 33 heavy (non-hydrogen) atoms. The van der Waals surface area contributed by atoms with Crippen molar-refractivity contribution in [2.24, 2.45) is 0 Å². The maximum absolute atomic E-state index is 6.44. The van der Waals surface area contributed by atoms with Crippen LogP contribution in [0.1, 0.15) is 52.3 Å². The van der Waals surface area contributed by atoms with Crippen LogP contribution in [0.15, 0.2) is 115 Å². The predicted molar refractivity (Wildman–Crippen MR) is 137 cm³/mol. The van der Waals surface area contributed by atoms with Crippen LogP contribution in [-0.4, -0.2) is 6.61 Å². The first-order valence-corrected chi connectivity index (χ1v) is 12.0. The fourth-order valence-electron chi connectivity index (χ4n) is 4.81. The van der Waals surface area contributed by atoms with Gasteiger partial charge in [0, 0.05) is 6.61 Å². The molecule has 164 valence electrons. The number of rotatable bonds is 7. The van der Waals surface area contributed by atoms with Gasteiger partial charge in [-0.3, -0.25) is 0 Å². The lowest BCUT2D eigenvalue weighted by molar-refractivity contribution is 0.0787. The summed E-state index contributed by atoms with van der Waals surface area (Å²) in [6.45, 7) is 0.724. The maximum atomic E-state index is 6.44. The first-order valence-electron chi connectivity index (χ1n) is 12.0. The zero-order valence-electron chi connectivity index (χ0n) is 19.0. The highest BCUT2D eigenvalue weighted by molar-refractivity contribution is 5.83. The van der Waals surface area contributed by atoms with Crippen LogP contribution in [0.2, 0.25) is 0 Å². The van der Waals surface area contributed by atoms with E-state index < -0.39 is 0 Å². The second kappa shape index (κ2) is 10.5. The van der Waals surface area contributed by atoms with Gasteiger partial charge in [0.15, 0.2) is 0 Å². The molecule has 5 rings (SSSR count). The van der Waals surface area contributed by atoms with Crippen LogP contribution in [0, 0.1) is 0 Å². The number of unbranched alkanes of at least 4 members (excludes halogenated alkanes) is 1. The molecule has 4 aromatic rings. The molecule has 1 aliphatic rings. The Hall–Kier alpha value is -3.42. The number of benzene rings is 4. The van der Waals surface area contributed by atoms with E-state index in [1.54, 1.807) is 0 Å². The largest absolute Gasteiger partial charge is 0.369 e. The SMILES string of the molecule is C(CCCOC(c1ccccc1)c1ccccc1)=C1c2ccccc2CCc2ccccc21. The lowest BCUT2D eigenvalue weighted by Gasteiger charge is -2.19. The van der Waals surface area contributed by atoms with E-state index in [2.05, 4.69) is 115 Å². The summed E-state index contributed by atoms with van der Waals surface area (Å²) in [6.07, 6.45) is 6.58. The van der Waals surface area contributed by atoms with Gasteiger partial charge in [-0.05, 0) is 64.6 Å². The van der Waals surface area contributed by atoms with Crippen molar-refractivity contribution in [1.82, 2.24) is 0 Å². The molecular weight excluding hydrogens is 400 g/mol. The molecule has 1 nitrogen and oxygen atoms in total. The van der Waals surface area contributed by atoms with Gasteiger partial charge in [-0.1, -0.05) is 115 Å². The third-order valence-corrected chi connectivity index (χ3v) is 6.46. The fourth-order valence-corrected chi connectivity index (χ4v) is 4.81. The van der Waals surface area contributed by atoms with Crippen molar-refractivity contribution in [1.29, 1.82) is 0 Å². The van der Waals surface area contributed by atoms with Crippen molar-refractivity contribution < 1.29 is 4.74 Å². The Balaban J connectivity index is 1.32. The van der Waals surface area contributed by atoms with Crippen molar-refractivity contribution in [2.75, 3.05) is 6.61 Å². The minimum atomic E-state index is -0.0283. The zero-order chi connectivity index (χ0) is 22.3. The van der Waals surface area contributed by atoms with Crippen LogP contribution in [0.25, 0.3) is 5.57 Å². The molecule has 1 aliphatic carbocycles. The fraction of sp³-hybridized carbons (Fsp3) is 0.188. The van der Waals surface area contributed by atoms with Crippen LogP contribution in [0.3, 0.4) is 0 Å². The number of ether oxygens (including phenoxy) is 1. The molecule has 0 amide bonds. The Morgan fingerprint density at radius 2 is 1.09 bits per heavy atom. The highest BCUT2D eigenvalue weighted by atomic mass is 16.5. The first kappa shape index (κ1) is 21.4. The number of aryl methyl sites for hydroxylation is 2. The number of hydrogen-bond acceptors (Lipinski definition) is 1. The molecule has 0 heterocycles. The summed E-state index contributed by atoms with van der Waals surface area (Å²) in [7, 11) is 0. The number of hydrogen-bond donors (Lipinski definition) is 0. The summed E-state index contributed by atoms with van der Waals surface area (Å²) in [4.78, 5) is 0. The van der Waals surface area contributed by atoms with Crippen LogP contribution >= 0.6 is 0 Å². The van der Waals surface area contributed by atoms with Crippen molar-refractivity contribution in [3.8, 4) is 0 Å². The predicted octanol–water partition coefficient (Wildman–Crippen LogP) is 7.80. The average molecular weight is 431 g/mol. The minimum Gasteiger partial charge on any atom is -0.369 e. The van der Waals surface area contributed by atoms with Crippen LogP contribution in [0.4, 0.5) is 0 Å². The van der Waals surface area contributed by atoms with Gasteiger partial charge in [0.25, 0.3) is 0 Å². The van der Waals surface area contributed by atoms with E-state index in [0.717, 1.165) is 32.3 Å². The van der Waals surface area contributed by atoms with E-state index in [-0.39, 0.29) is 6.10 Å². The summed E-state index contributed by atoms with van der Waals surface area (Å²) >= 11 is 0. The van der Waals surface area contributed by atoms with Crippen LogP contribution in [0.5, 0.6) is 0 Å². The Labute approximate surface area is 197 Å². The van der Waals surface area contributed by atoms with Crippen LogP contribution < -0.4 is 0 Å². The second-order valence-corrected chi connectivity index (χ2v) is 8.65. The molecule has 4 aromatic carbocycles. The summed E-state index contributed by atoms with van der Waals surface area (Å²) in [6, 6.07) is 38.8. The van der Waals surface area contributed by atoms with E-state index in [1.165, 1.54) is 39.0 Å². The van der Waals surface area contributed by atoms with E-state index in [9.17, 15) is 0 Å². The van der Waals surface area contributed by atoms with Gasteiger partial charge >= 0.3 is 0 Å². The minimum absolute atomic E-state index is 0.0283. The van der Waals surface area contributed by atoms with Gasteiger partial charge < -0.3 is 4.74 Å².